The quantitative estimate of drug-likeness (QED) is 0.0241. The number of aromatic hydroxyl groups is 1. The molecule has 0 spiro atoms. The van der Waals surface area contributed by atoms with Gasteiger partial charge in [-0.25, -0.2) is 4.79 Å². The second kappa shape index (κ2) is 25.5. The van der Waals surface area contributed by atoms with Gasteiger partial charge in [-0.2, -0.15) is 0 Å². The number of unbranched alkanes of at least 4 members (excludes halogenated alkanes) is 1. The van der Waals surface area contributed by atoms with Crippen LogP contribution in [0.1, 0.15) is 57.9 Å². The largest absolute Gasteiger partial charge is 0.508 e. The van der Waals surface area contributed by atoms with Crippen LogP contribution in [0.2, 0.25) is 0 Å². The molecule has 0 fully saturated rings. The SMILES string of the molecule is CC[C@H](C)[C@H](NC(=O)CN)C(=O)N[C@@H](CO)C(=O)N[C@@H](Cc1ccc(O)cc1)C(=O)NCC(=O)N[C@@H](CCCN=C(N)N)C(=O)N[C@@H](CCCCN)C(=O)O. The first-order valence-electron chi connectivity index (χ1n) is 17.9. The highest BCUT2D eigenvalue weighted by atomic mass is 16.4. The van der Waals surface area contributed by atoms with E-state index < -0.39 is 84.8 Å². The molecule has 21 heteroatoms. The number of carboxylic acid groups (broad SMARTS) is 1. The van der Waals surface area contributed by atoms with Gasteiger partial charge in [-0.05, 0) is 62.3 Å². The Morgan fingerprint density at radius 1 is 0.745 bits per heavy atom. The summed E-state index contributed by atoms with van der Waals surface area (Å²) in [5.74, 6) is -6.75. The molecule has 55 heavy (non-hydrogen) atoms. The molecule has 1 rings (SSSR count). The Morgan fingerprint density at radius 3 is 1.91 bits per heavy atom. The van der Waals surface area contributed by atoms with E-state index in [0.717, 1.165) is 0 Å². The number of hydrogen-bond acceptors (Lipinski definition) is 12. The Balaban J connectivity index is 3.16. The molecule has 0 saturated heterocycles. The van der Waals surface area contributed by atoms with Gasteiger partial charge >= 0.3 is 5.97 Å². The number of hydrogen-bond donors (Lipinski definition) is 13. The van der Waals surface area contributed by atoms with E-state index in [9.17, 15) is 48.9 Å². The molecule has 6 amide bonds. The Labute approximate surface area is 319 Å². The number of nitrogens with one attached hydrogen (secondary N) is 6. The van der Waals surface area contributed by atoms with Gasteiger partial charge < -0.3 is 70.2 Å². The zero-order chi connectivity index (χ0) is 41.5. The maximum atomic E-state index is 13.5. The van der Waals surface area contributed by atoms with Crippen LogP contribution in [0.15, 0.2) is 29.3 Å². The van der Waals surface area contributed by atoms with Crippen LogP contribution in [0.5, 0.6) is 5.75 Å². The third kappa shape index (κ3) is 18.4. The molecule has 0 saturated carbocycles. The summed E-state index contributed by atoms with van der Waals surface area (Å²) in [6, 6.07) is -0.841. The molecule has 21 nitrogen and oxygen atoms in total. The lowest BCUT2D eigenvalue weighted by Gasteiger charge is -2.27. The number of aliphatic hydroxyl groups is 1. The Bertz CT molecular complexity index is 1460. The molecule has 308 valence electrons. The van der Waals surface area contributed by atoms with Crippen molar-refractivity contribution in [2.45, 2.75) is 89.0 Å². The van der Waals surface area contributed by atoms with Crippen molar-refractivity contribution in [1.82, 2.24) is 31.9 Å². The monoisotopic (exact) mass is 779 g/mol. The van der Waals surface area contributed by atoms with Crippen molar-refractivity contribution in [3.63, 3.8) is 0 Å². The fraction of sp³-hybridized carbons (Fsp3) is 0.588. The fourth-order valence-corrected chi connectivity index (χ4v) is 5.07. The molecular formula is C34H57N11O10. The van der Waals surface area contributed by atoms with Crippen LogP contribution >= 0.6 is 0 Å². The van der Waals surface area contributed by atoms with Crippen molar-refractivity contribution >= 4 is 47.4 Å². The topological polar surface area (TPSA) is 369 Å². The molecule has 0 heterocycles. The van der Waals surface area contributed by atoms with Gasteiger partial charge in [0.05, 0.1) is 19.7 Å². The third-order valence-corrected chi connectivity index (χ3v) is 8.40. The van der Waals surface area contributed by atoms with Gasteiger partial charge in [-0.1, -0.05) is 32.4 Å². The van der Waals surface area contributed by atoms with Crippen LogP contribution < -0.4 is 54.8 Å². The lowest BCUT2D eigenvalue weighted by atomic mass is 9.98. The molecule has 0 aliphatic rings. The normalized spacial score (nSPS) is 14.1. The summed E-state index contributed by atoms with van der Waals surface area (Å²) in [6.45, 7) is 1.97. The first-order valence-corrected chi connectivity index (χ1v) is 17.9. The number of amides is 6. The Kier molecular flexibility index (Phi) is 22.0. The summed E-state index contributed by atoms with van der Waals surface area (Å²) in [5, 5.41) is 43.9. The van der Waals surface area contributed by atoms with E-state index in [2.05, 4.69) is 36.9 Å². The first kappa shape index (κ1) is 47.5. The summed E-state index contributed by atoms with van der Waals surface area (Å²) in [7, 11) is 0. The predicted molar refractivity (Wildman–Crippen MR) is 201 cm³/mol. The minimum atomic E-state index is -1.56. The molecule has 0 radical (unpaired) electrons. The highest BCUT2D eigenvalue weighted by Gasteiger charge is 2.32. The number of guanidine groups is 1. The van der Waals surface area contributed by atoms with E-state index in [1.165, 1.54) is 24.3 Å². The zero-order valence-electron chi connectivity index (χ0n) is 31.2. The van der Waals surface area contributed by atoms with Gasteiger partial charge in [0, 0.05) is 13.0 Å². The van der Waals surface area contributed by atoms with E-state index in [4.69, 9.17) is 22.9 Å². The lowest BCUT2D eigenvalue weighted by molar-refractivity contribution is -0.142. The summed E-state index contributed by atoms with van der Waals surface area (Å²) < 4.78 is 0. The molecular weight excluding hydrogens is 722 g/mol. The van der Waals surface area contributed by atoms with Gasteiger partial charge in [-0.3, -0.25) is 33.8 Å². The minimum absolute atomic E-state index is 0.000957. The highest BCUT2D eigenvalue weighted by molar-refractivity contribution is 5.96. The summed E-state index contributed by atoms with van der Waals surface area (Å²) in [6.07, 6.45) is 1.59. The number of aliphatic hydroxyl groups excluding tert-OH is 1. The maximum absolute atomic E-state index is 13.5. The number of carboxylic acids is 1. The standard InChI is InChI=1S/C34H57N11O10/c1-3-19(2)28(45-26(48)16-36)32(53)44-25(18-46)31(52)43-24(15-20-9-11-21(47)12-10-20)29(50)40-17-27(49)41-22(8-6-14-39-34(37)38)30(51)42-23(33(54)55)7-4-5-13-35/h9-12,19,22-25,28,46-47H,3-8,13-18,35-36H2,1-2H3,(H,40,50)(H,41,49)(H,42,51)(H,43,52)(H,44,53)(H,45,48)(H,54,55)(H4,37,38,39)/t19-,22-,23-,24-,25-,28-/m0/s1. The van der Waals surface area contributed by atoms with E-state index in [1.807, 2.05) is 0 Å². The molecule has 1 aromatic carbocycles. The number of benzene rings is 1. The summed E-state index contributed by atoms with van der Waals surface area (Å²) in [5.41, 5.74) is 22.1. The van der Waals surface area contributed by atoms with Gasteiger partial charge in [0.1, 0.15) is 36.0 Å². The molecule has 0 aliphatic carbocycles. The van der Waals surface area contributed by atoms with Crippen molar-refractivity contribution in [1.29, 1.82) is 0 Å². The van der Waals surface area contributed by atoms with Crippen molar-refractivity contribution in [3.8, 4) is 5.75 Å². The first-order chi connectivity index (χ1) is 26.1. The average molecular weight is 780 g/mol. The van der Waals surface area contributed by atoms with Gasteiger partial charge in [0.2, 0.25) is 35.4 Å². The number of aliphatic carboxylic acids is 1. The number of carbonyl (C=O) groups excluding carboxylic acids is 6. The second-order valence-electron chi connectivity index (χ2n) is 12.8. The molecule has 0 aliphatic heterocycles. The second-order valence-corrected chi connectivity index (χ2v) is 12.8. The number of rotatable bonds is 26. The van der Waals surface area contributed by atoms with Gasteiger partial charge in [-0.15, -0.1) is 0 Å². The molecule has 6 atom stereocenters. The van der Waals surface area contributed by atoms with E-state index in [1.54, 1.807) is 13.8 Å². The number of aliphatic imine (C=N–C) groups is 1. The lowest BCUT2D eigenvalue weighted by Crippen LogP contribution is -2.59. The fourth-order valence-electron chi connectivity index (χ4n) is 5.07. The minimum Gasteiger partial charge on any atom is -0.508 e. The van der Waals surface area contributed by atoms with Crippen LogP contribution in [0.4, 0.5) is 0 Å². The number of phenols is 1. The van der Waals surface area contributed by atoms with Crippen molar-refractivity contribution in [3.05, 3.63) is 29.8 Å². The smallest absolute Gasteiger partial charge is 0.326 e. The molecule has 1 aromatic rings. The Hall–Kier alpha value is -5.54. The maximum Gasteiger partial charge on any atom is 0.326 e. The number of phenolic OH excluding ortho intramolecular Hbond substituents is 1. The molecule has 0 unspecified atom stereocenters. The van der Waals surface area contributed by atoms with E-state index in [-0.39, 0.29) is 56.4 Å². The number of nitrogens with zero attached hydrogens (tertiary/aromatic N) is 1. The van der Waals surface area contributed by atoms with Crippen LogP contribution in [0, 0.1) is 5.92 Å². The van der Waals surface area contributed by atoms with E-state index >= 15 is 0 Å². The highest BCUT2D eigenvalue weighted by Crippen LogP contribution is 2.12. The molecule has 17 N–H and O–H groups in total. The van der Waals surface area contributed by atoms with Crippen LogP contribution in [-0.4, -0.2) is 126 Å². The number of nitrogens with two attached hydrogens (primary N) is 4. The van der Waals surface area contributed by atoms with Gasteiger partial charge in [0.15, 0.2) is 5.96 Å². The third-order valence-electron chi connectivity index (χ3n) is 8.40. The molecule has 0 bridgehead atoms. The number of carbonyl (C=O) groups is 7. The van der Waals surface area contributed by atoms with Crippen molar-refractivity contribution in [2.75, 3.05) is 32.8 Å². The van der Waals surface area contributed by atoms with Crippen LogP contribution in [-0.2, 0) is 40.0 Å². The average Bonchev–Trinajstić information content (AvgIpc) is 3.15. The van der Waals surface area contributed by atoms with E-state index in [0.29, 0.717) is 31.4 Å². The predicted octanol–water partition coefficient (Wildman–Crippen LogP) is -4.26. The van der Waals surface area contributed by atoms with Crippen LogP contribution in [0.3, 0.4) is 0 Å². The summed E-state index contributed by atoms with van der Waals surface area (Å²) >= 11 is 0. The summed E-state index contributed by atoms with van der Waals surface area (Å²) in [4.78, 5) is 93.7. The van der Waals surface area contributed by atoms with Crippen molar-refractivity contribution < 1.29 is 48.9 Å². The molecule has 0 aromatic heterocycles. The van der Waals surface area contributed by atoms with Crippen LogP contribution in [0.25, 0.3) is 0 Å². The van der Waals surface area contributed by atoms with Gasteiger partial charge in [0.25, 0.3) is 0 Å². The zero-order valence-corrected chi connectivity index (χ0v) is 31.2. The Morgan fingerprint density at radius 2 is 1.35 bits per heavy atom. The van der Waals surface area contributed by atoms with Crippen molar-refractivity contribution in [2.24, 2.45) is 33.8 Å².